The van der Waals surface area contributed by atoms with Gasteiger partial charge in [0.2, 0.25) is 5.91 Å². The smallest absolute Gasteiger partial charge is 0.317 e. The molecule has 182 valence electrons. The summed E-state index contributed by atoms with van der Waals surface area (Å²) in [7, 11) is 0. The Kier molecular flexibility index (Phi) is 8.62. The van der Waals surface area contributed by atoms with Crippen molar-refractivity contribution in [3.8, 4) is 0 Å². The lowest BCUT2D eigenvalue weighted by Crippen LogP contribution is -2.55. The fraction of sp³-hybridized carbons (Fsp3) is 0.692. The van der Waals surface area contributed by atoms with E-state index >= 15 is 0 Å². The summed E-state index contributed by atoms with van der Waals surface area (Å²) < 4.78 is 0. The Morgan fingerprint density at radius 2 is 1.61 bits per heavy atom. The van der Waals surface area contributed by atoms with Crippen molar-refractivity contribution in [1.82, 2.24) is 20.0 Å². The molecular weight excluding hydrogens is 414 g/mol. The number of urea groups is 1. The van der Waals surface area contributed by atoms with E-state index in [9.17, 15) is 9.59 Å². The van der Waals surface area contributed by atoms with Crippen LogP contribution in [0, 0.1) is 5.92 Å². The van der Waals surface area contributed by atoms with Crippen LogP contribution in [0.5, 0.6) is 0 Å². The molecule has 2 aliphatic heterocycles. The number of benzene rings is 1. The van der Waals surface area contributed by atoms with Crippen molar-refractivity contribution in [1.29, 1.82) is 0 Å². The van der Waals surface area contributed by atoms with Gasteiger partial charge in [0.1, 0.15) is 0 Å². The maximum absolute atomic E-state index is 12.8. The van der Waals surface area contributed by atoms with E-state index in [2.05, 4.69) is 27.4 Å². The van der Waals surface area contributed by atoms with Crippen LogP contribution in [0.2, 0.25) is 0 Å². The molecule has 2 heterocycles. The quantitative estimate of drug-likeness (QED) is 0.663. The molecular formula is C26H41N5O2. The summed E-state index contributed by atoms with van der Waals surface area (Å²) in [5.41, 5.74) is 2.05. The highest BCUT2D eigenvalue weighted by molar-refractivity contribution is 5.93. The molecule has 0 bridgehead atoms. The number of hydrogen-bond donors (Lipinski definition) is 2. The zero-order valence-corrected chi connectivity index (χ0v) is 20.2. The van der Waals surface area contributed by atoms with Crippen LogP contribution in [0.25, 0.3) is 0 Å². The van der Waals surface area contributed by atoms with E-state index in [4.69, 9.17) is 0 Å². The summed E-state index contributed by atoms with van der Waals surface area (Å²) in [5, 5.41) is 6.31. The van der Waals surface area contributed by atoms with Gasteiger partial charge in [0, 0.05) is 57.5 Å². The second-order valence-electron chi connectivity index (χ2n) is 10.00. The van der Waals surface area contributed by atoms with Crippen molar-refractivity contribution in [2.45, 2.75) is 57.9 Å². The number of piperazine rings is 1. The highest BCUT2D eigenvalue weighted by Gasteiger charge is 2.27. The number of nitrogens with zero attached hydrogens (tertiary/aromatic N) is 3. The fourth-order valence-electron chi connectivity index (χ4n) is 5.54. The number of carbonyl (C=O) groups excluding carboxylic acids is 2. The summed E-state index contributed by atoms with van der Waals surface area (Å²) in [6.45, 7) is 8.72. The summed E-state index contributed by atoms with van der Waals surface area (Å²) in [4.78, 5) is 31.9. The molecule has 1 aliphatic carbocycles. The van der Waals surface area contributed by atoms with E-state index in [-0.39, 0.29) is 11.9 Å². The van der Waals surface area contributed by atoms with Gasteiger partial charge in [-0.2, -0.15) is 0 Å². The minimum Gasteiger partial charge on any atom is -0.335 e. The largest absolute Gasteiger partial charge is 0.335 e. The highest BCUT2D eigenvalue weighted by atomic mass is 16.2. The molecule has 0 atom stereocenters. The Hall–Kier alpha value is -2.12. The van der Waals surface area contributed by atoms with Crippen molar-refractivity contribution in [2.24, 2.45) is 5.92 Å². The lowest BCUT2D eigenvalue weighted by molar-refractivity contribution is -0.117. The van der Waals surface area contributed by atoms with E-state index in [1.165, 1.54) is 32.2 Å². The van der Waals surface area contributed by atoms with Crippen LogP contribution in [0.4, 0.5) is 10.5 Å². The van der Waals surface area contributed by atoms with Gasteiger partial charge in [-0.3, -0.25) is 9.69 Å². The molecule has 4 rings (SSSR count). The SMILES string of the molecule is CCc1ccccc1NC(=O)CN1CCN(C(=O)NC2CCN(CC3CCCC3)CC2)CC1. The van der Waals surface area contributed by atoms with Crippen molar-refractivity contribution in [3.63, 3.8) is 0 Å². The lowest BCUT2D eigenvalue weighted by Gasteiger charge is -2.37. The molecule has 3 fully saturated rings. The topological polar surface area (TPSA) is 67.9 Å². The molecule has 0 aromatic heterocycles. The molecule has 1 aromatic rings. The van der Waals surface area contributed by atoms with Gasteiger partial charge in [-0.05, 0) is 49.7 Å². The van der Waals surface area contributed by atoms with E-state index in [1.54, 1.807) is 0 Å². The first kappa shape index (κ1) is 24.0. The van der Waals surface area contributed by atoms with Gasteiger partial charge in [-0.15, -0.1) is 0 Å². The summed E-state index contributed by atoms with van der Waals surface area (Å²) in [6.07, 6.45) is 8.61. The Morgan fingerprint density at radius 3 is 2.30 bits per heavy atom. The van der Waals surface area contributed by atoms with Crippen LogP contribution < -0.4 is 10.6 Å². The first-order valence-electron chi connectivity index (χ1n) is 13.0. The molecule has 0 spiro atoms. The average Bonchev–Trinajstić information content (AvgIpc) is 3.34. The van der Waals surface area contributed by atoms with Gasteiger partial charge in [-0.1, -0.05) is 38.0 Å². The maximum Gasteiger partial charge on any atom is 0.317 e. The van der Waals surface area contributed by atoms with Crippen LogP contribution in [0.3, 0.4) is 0 Å². The second-order valence-corrected chi connectivity index (χ2v) is 10.00. The number of para-hydroxylation sites is 1. The Labute approximate surface area is 198 Å². The number of hydrogen-bond acceptors (Lipinski definition) is 4. The van der Waals surface area contributed by atoms with Crippen LogP contribution >= 0.6 is 0 Å². The Morgan fingerprint density at radius 1 is 0.909 bits per heavy atom. The number of carbonyl (C=O) groups is 2. The molecule has 2 N–H and O–H groups in total. The molecule has 33 heavy (non-hydrogen) atoms. The number of aryl methyl sites for hydroxylation is 1. The summed E-state index contributed by atoms with van der Waals surface area (Å²) in [5.74, 6) is 0.911. The third-order valence-corrected chi connectivity index (χ3v) is 7.61. The van der Waals surface area contributed by atoms with Crippen LogP contribution in [0.1, 0.15) is 51.0 Å². The first-order valence-corrected chi connectivity index (χ1v) is 13.0. The van der Waals surface area contributed by atoms with Crippen LogP contribution in [-0.2, 0) is 11.2 Å². The van der Waals surface area contributed by atoms with Crippen LogP contribution in [0.15, 0.2) is 24.3 Å². The van der Waals surface area contributed by atoms with Gasteiger partial charge >= 0.3 is 6.03 Å². The average molecular weight is 456 g/mol. The van der Waals surface area contributed by atoms with Crippen molar-refractivity contribution < 1.29 is 9.59 Å². The number of amides is 3. The highest BCUT2D eigenvalue weighted by Crippen LogP contribution is 2.26. The number of likely N-dealkylation sites (tertiary alicyclic amines) is 1. The predicted octanol–water partition coefficient (Wildman–Crippen LogP) is 3.17. The summed E-state index contributed by atoms with van der Waals surface area (Å²) >= 11 is 0. The first-order chi connectivity index (χ1) is 16.1. The Bertz CT molecular complexity index is 779. The molecule has 7 heteroatoms. The van der Waals surface area contributed by atoms with Crippen LogP contribution in [-0.4, -0.2) is 85.0 Å². The van der Waals surface area contributed by atoms with E-state index in [1.807, 2.05) is 29.2 Å². The number of rotatable bonds is 7. The molecule has 3 aliphatic rings. The molecule has 1 aromatic carbocycles. The normalized spacial score (nSPS) is 21.3. The van der Waals surface area contributed by atoms with E-state index in [0.717, 1.165) is 62.6 Å². The van der Waals surface area contributed by atoms with Gasteiger partial charge in [0.25, 0.3) is 0 Å². The standard InChI is InChI=1S/C26H41N5O2/c1-2-22-9-5-6-10-24(22)28-25(32)20-30-15-17-31(18-16-30)26(33)27-23-11-13-29(14-12-23)19-21-7-3-4-8-21/h5-6,9-10,21,23H,2-4,7-8,11-20H2,1H3,(H,27,33)(H,28,32). The second kappa shape index (κ2) is 11.8. The minimum atomic E-state index is 0.0122. The van der Waals surface area contributed by atoms with Gasteiger partial charge < -0.3 is 20.4 Å². The lowest BCUT2D eigenvalue weighted by atomic mass is 10.0. The fourth-order valence-corrected chi connectivity index (χ4v) is 5.54. The van der Waals surface area contributed by atoms with Gasteiger partial charge in [-0.25, -0.2) is 4.79 Å². The number of nitrogens with one attached hydrogen (secondary N) is 2. The minimum absolute atomic E-state index is 0.0122. The molecule has 3 amide bonds. The molecule has 7 nitrogen and oxygen atoms in total. The molecule has 0 unspecified atom stereocenters. The van der Waals surface area contributed by atoms with Crippen molar-refractivity contribution in [2.75, 3.05) is 57.7 Å². The van der Waals surface area contributed by atoms with Crippen molar-refractivity contribution >= 4 is 17.6 Å². The maximum atomic E-state index is 12.8. The monoisotopic (exact) mass is 455 g/mol. The molecule has 2 saturated heterocycles. The number of anilines is 1. The number of piperidine rings is 1. The van der Waals surface area contributed by atoms with Gasteiger partial charge in [0.05, 0.1) is 6.54 Å². The summed E-state index contributed by atoms with van der Waals surface area (Å²) in [6, 6.07) is 8.31. The third kappa shape index (κ3) is 6.93. The molecule has 1 saturated carbocycles. The van der Waals surface area contributed by atoms with E-state index < -0.39 is 0 Å². The third-order valence-electron chi connectivity index (χ3n) is 7.61. The molecule has 0 radical (unpaired) electrons. The van der Waals surface area contributed by atoms with E-state index in [0.29, 0.717) is 25.7 Å². The zero-order chi connectivity index (χ0) is 23.0. The van der Waals surface area contributed by atoms with Crippen molar-refractivity contribution in [3.05, 3.63) is 29.8 Å². The predicted molar refractivity (Wildman–Crippen MR) is 132 cm³/mol. The Balaban J connectivity index is 1.13. The van der Waals surface area contributed by atoms with Gasteiger partial charge in [0.15, 0.2) is 0 Å². The zero-order valence-electron chi connectivity index (χ0n) is 20.2.